The number of anilines is 1. The van der Waals surface area contributed by atoms with E-state index in [0.717, 1.165) is 17.3 Å². The Kier molecular flexibility index (Phi) is 5.99. The number of esters is 1. The van der Waals surface area contributed by atoms with Crippen LogP contribution in [0, 0.1) is 6.92 Å². The lowest BCUT2D eigenvalue weighted by molar-refractivity contribution is -0.192. The van der Waals surface area contributed by atoms with E-state index in [1.54, 1.807) is 7.05 Å². The van der Waals surface area contributed by atoms with Crippen molar-refractivity contribution in [3.63, 3.8) is 0 Å². The monoisotopic (exact) mass is 413 g/mol. The van der Waals surface area contributed by atoms with E-state index < -0.39 is 28.4 Å². The second-order valence-electron chi connectivity index (χ2n) is 5.97. The number of rotatable bonds is 5. The lowest BCUT2D eigenvalue weighted by Gasteiger charge is -2.29. The van der Waals surface area contributed by atoms with Crippen LogP contribution in [0.1, 0.15) is 18.5 Å². The van der Waals surface area contributed by atoms with Crippen LogP contribution in [0.15, 0.2) is 6.20 Å². The van der Waals surface area contributed by atoms with Crippen molar-refractivity contribution in [2.45, 2.75) is 32.0 Å². The maximum Gasteiger partial charge on any atom is 0.491 e. The first kappa shape index (κ1) is 21.0. The van der Waals surface area contributed by atoms with Crippen LogP contribution in [0.2, 0.25) is 0 Å². The number of aromatic amines is 1. The molecule has 27 heavy (non-hydrogen) atoms. The zero-order chi connectivity index (χ0) is 20.4. The summed E-state index contributed by atoms with van der Waals surface area (Å²) in [7, 11) is -2.87. The summed E-state index contributed by atoms with van der Waals surface area (Å²) >= 11 is 0. The molecule has 1 aromatic rings. The fourth-order valence-electron chi connectivity index (χ4n) is 2.65. The van der Waals surface area contributed by atoms with E-state index in [0.29, 0.717) is 12.1 Å². The van der Waals surface area contributed by atoms with Gasteiger partial charge in [-0.25, -0.2) is 18.6 Å². The molecule has 2 rings (SSSR count). The second kappa shape index (κ2) is 7.72. The summed E-state index contributed by atoms with van der Waals surface area (Å²) in [6, 6.07) is -0.177. The highest BCUT2D eigenvalue weighted by atomic mass is 32.2. The Balaban J connectivity index is 2.21. The molecule has 1 aliphatic heterocycles. The summed E-state index contributed by atoms with van der Waals surface area (Å²) in [5.41, 5.74) is 0.471. The number of hydrogen-bond acceptors (Lipinski definition) is 7. The summed E-state index contributed by atoms with van der Waals surface area (Å²) in [5.74, 6) is -2.82. The van der Waals surface area contributed by atoms with Crippen molar-refractivity contribution < 1.29 is 35.9 Å². The molecule has 0 spiro atoms. The summed E-state index contributed by atoms with van der Waals surface area (Å²) < 4.78 is 67.2. The third-order valence-electron chi connectivity index (χ3n) is 4.04. The first-order valence-electron chi connectivity index (χ1n) is 7.75. The fraction of sp³-hybridized carbons (Fsp3) is 0.615. The van der Waals surface area contributed by atoms with Gasteiger partial charge in [-0.05, 0) is 33.4 Å². The predicted octanol–water partition coefficient (Wildman–Crippen LogP) is 0.679. The van der Waals surface area contributed by atoms with Crippen molar-refractivity contribution in [2.75, 3.05) is 24.4 Å². The van der Waals surface area contributed by atoms with Crippen LogP contribution in [-0.2, 0) is 19.7 Å². The molecule has 0 bridgehead atoms. The zero-order valence-electron chi connectivity index (χ0n) is 14.4. The standard InChI is InChI=1S/C13H18F3N5O5S/c1-8-10(6-17-18-8)21(7-9-4-3-5-20(9)2)27(24,25)19-12(23)26-11(22)13(14,15)16/h6,9H,3-5,7H2,1-2H3,(H,17,18)(H,19,23)/t9-/m1/s1. The predicted molar refractivity (Wildman–Crippen MR) is 85.9 cm³/mol. The Morgan fingerprint density at radius 3 is 2.63 bits per heavy atom. The minimum atomic E-state index is -5.44. The van der Waals surface area contributed by atoms with E-state index >= 15 is 0 Å². The number of hydrogen-bond donors (Lipinski definition) is 2. The number of likely N-dealkylation sites (N-methyl/N-ethyl adjacent to an activating group) is 1. The maximum atomic E-state index is 12.6. The SMILES string of the molecule is Cc1[nH]ncc1N(C[C@H]1CCCN1C)S(=O)(=O)NC(=O)OC(=O)C(F)(F)F. The van der Waals surface area contributed by atoms with Crippen LogP contribution < -0.4 is 9.03 Å². The molecular formula is C13H18F3N5O5S. The van der Waals surface area contributed by atoms with E-state index in [4.69, 9.17) is 0 Å². The first-order chi connectivity index (χ1) is 12.4. The van der Waals surface area contributed by atoms with Crippen molar-refractivity contribution in [3.05, 3.63) is 11.9 Å². The highest BCUT2D eigenvalue weighted by molar-refractivity contribution is 7.91. The quantitative estimate of drug-likeness (QED) is 0.537. The Labute approximate surface area is 152 Å². The fourth-order valence-corrected chi connectivity index (χ4v) is 3.82. The van der Waals surface area contributed by atoms with Crippen molar-refractivity contribution in [1.29, 1.82) is 0 Å². The molecule has 1 aliphatic rings. The number of nitrogens with zero attached hydrogens (tertiary/aromatic N) is 3. The van der Waals surface area contributed by atoms with Gasteiger partial charge in [-0.3, -0.25) is 5.10 Å². The number of ether oxygens (including phenoxy) is 1. The molecule has 1 atom stereocenters. The van der Waals surface area contributed by atoms with Gasteiger partial charge in [-0.2, -0.15) is 26.7 Å². The molecule has 14 heteroatoms. The molecule has 152 valence electrons. The minimum Gasteiger partial charge on any atom is -0.369 e. The molecule has 0 unspecified atom stereocenters. The van der Waals surface area contributed by atoms with Gasteiger partial charge in [0.15, 0.2) is 0 Å². The second-order valence-corrected chi connectivity index (χ2v) is 7.56. The first-order valence-corrected chi connectivity index (χ1v) is 9.19. The number of carbonyl (C=O) groups excluding carboxylic acids is 2. The smallest absolute Gasteiger partial charge is 0.369 e. The molecule has 1 aromatic heterocycles. The van der Waals surface area contributed by atoms with Crippen LogP contribution >= 0.6 is 0 Å². The van der Waals surface area contributed by atoms with Crippen LogP contribution in [0.3, 0.4) is 0 Å². The minimum absolute atomic E-state index is 0.0767. The van der Waals surface area contributed by atoms with Gasteiger partial charge in [0, 0.05) is 6.04 Å². The van der Waals surface area contributed by atoms with E-state index in [-0.39, 0.29) is 18.3 Å². The van der Waals surface area contributed by atoms with E-state index in [1.165, 1.54) is 17.8 Å². The third kappa shape index (κ3) is 5.09. The molecule has 1 saturated heterocycles. The molecule has 0 radical (unpaired) electrons. The average molecular weight is 413 g/mol. The number of likely N-dealkylation sites (tertiary alicyclic amines) is 1. The van der Waals surface area contributed by atoms with Crippen LogP contribution in [0.4, 0.5) is 23.7 Å². The van der Waals surface area contributed by atoms with Crippen LogP contribution in [-0.4, -0.2) is 67.9 Å². The lowest BCUT2D eigenvalue weighted by atomic mass is 10.2. The number of aryl methyl sites for hydroxylation is 1. The van der Waals surface area contributed by atoms with Crippen LogP contribution in [0.25, 0.3) is 0 Å². The topological polar surface area (TPSA) is 125 Å². The van der Waals surface area contributed by atoms with Gasteiger partial charge >= 0.3 is 28.4 Å². The Morgan fingerprint density at radius 1 is 1.48 bits per heavy atom. The van der Waals surface area contributed by atoms with Crippen molar-refractivity contribution in [1.82, 2.24) is 19.8 Å². The zero-order valence-corrected chi connectivity index (χ0v) is 15.2. The van der Waals surface area contributed by atoms with Gasteiger partial charge < -0.3 is 9.64 Å². The number of aromatic nitrogens is 2. The Bertz CT molecular complexity index is 810. The number of amides is 1. The number of carbonyl (C=O) groups is 2. The average Bonchev–Trinajstić information content (AvgIpc) is 3.11. The molecule has 10 nitrogen and oxygen atoms in total. The largest absolute Gasteiger partial charge is 0.491 e. The number of halogens is 3. The molecule has 0 saturated carbocycles. The van der Waals surface area contributed by atoms with Gasteiger partial charge in [0.05, 0.1) is 24.1 Å². The number of nitrogens with one attached hydrogen (secondary N) is 2. The van der Waals surface area contributed by atoms with Gasteiger partial charge in [0.2, 0.25) is 0 Å². The molecule has 1 fully saturated rings. The van der Waals surface area contributed by atoms with E-state index in [1.807, 2.05) is 4.90 Å². The summed E-state index contributed by atoms with van der Waals surface area (Å²) in [4.78, 5) is 24.1. The molecule has 0 aliphatic carbocycles. The molecule has 2 N–H and O–H groups in total. The van der Waals surface area contributed by atoms with E-state index in [9.17, 15) is 31.2 Å². The van der Waals surface area contributed by atoms with Gasteiger partial charge in [0.25, 0.3) is 0 Å². The highest BCUT2D eigenvalue weighted by Crippen LogP contribution is 2.24. The third-order valence-corrected chi connectivity index (χ3v) is 5.39. The summed E-state index contributed by atoms with van der Waals surface area (Å²) in [5, 5.41) is 6.26. The Hall–Kier alpha value is -2.35. The van der Waals surface area contributed by atoms with Crippen molar-refractivity contribution in [2.24, 2.45) is 0 Å². The van der Waals surface area contributed by atoms with Gasteiger partial charge in [-0.1, -0.05) is 0 Å². The number of H-pyrrole nitrogens is 1. The molecule has 0 aromatic carbocycles. The summed E-state index contributed by atoms with van der Waals surface area (Å²) in [6.07, 6.45) is -4.75. The highest BCUT2D eigenvalue weighted by Gasteiger charge is 2.43. The van der Waals surface area contributed by atoms with Crippen molar-refractivity contribution >= 4 is 28.0 Å². The van der Waals surface area contributed by atoms with Gasteiger partial charge in [0.1, 0.15) is 0 Å². The maximum absolute atomic E-state index is 12.6. The molecule has 1 amide bonds. The normalized spacial score (nSPS) is 18.3. The van der Waals surface area contributed by atoms with E-state index in [2.05, 4.69) is 14.9 Å². The van der Waals surface area contributed by atoms with Crippen molar-refractivity contribution in [3.8, 4) is 0 Å². The lowest BCUT2D eigenvalue weighted by Crippen LogP contribution is -2.49. The molecule has 2 heterocycles. The summed E-state index contributed by atoms with van der Waals surface area (Å²) in [6.45, 7) is 2.21. The van der Waals surface area contributed by atoms with Crippen LogP contribution in [0.5, 0.6) is 0 Å². The van der Waals surface area contributed by atoms with Gasteiger partial charge in [-0.15, -0.1) is 0 Å². The molecular weight excluding hydrogens is 395 g/mol. The number of alkyl halides is 3. The Morgan fingerprint density at radius 2 is 2.15 bits per heavy atom.